The summed E-state index contributed by atoms with van der Waals surface area (Å²) in [4.78, 5) is 13.1. The Hall–Kier alpha value is -0.620. The maximum atomic E-state index is 13.1. The molecule has 0 aromatic carbocycles. The van der Waals surface area contributed by atoms with Gasteiger partial charge in [-0.1, -0.05) is 43.4 Å². The molecule has 4 fully saturated rings. The Labute approximate surface area is 171 Å². The molecule has 0 spiro atoms. The fourth-order valence-corrected chi connectivity index (χ4v) is 7.73. The summed E-state index contributed by atoms with van der Waals surface area (Å²) in [6.07, 6.45) is 11.3. The number of hydrogen-bond acceptors (Lipinski definition) is 6. The van der Waals surface area contributed by atoms with E-state index in [0.29, 0.717) is 11.5 Å². The number of carbonyl (C=O) groups excluding carboxylic acids is 1. The van der Waals surface area contributed by atoms with Crippen molar-refractivity contribution in [1.82, 2.24) is 10.2 Å². The fraction of sp³-hybridized carbons (Fsp3) is 0.857. The van der Waals surface area contributed by atoms with Crippen molar-refractivity contribution in [1.29, 1.82) is 0 Å². The van der Waals surface area contributed by atoms with E-state index >= 15 is 0 Å². The lowest BCUT2D eigenvalue weighted by atomic mass is 9.48. The van der Waals surface area contributed by atoms with Crippen LogP contribution in [-0.2, 0) is 4.79 Å². The molecule has 4 saturated carbocycles. The number of hydrogen-bond donors (Lipinski definition) is 1. The smallest absolute Gasteiger partial charge is 0.206 e. The number of Topliss-reactive ketones (excluding diaryl/α,β-unsaturated/α-hetero) is 1. The molecule has 1 N–H and O–H groups in total. The molecular formula is C21H33N3OS2. The zero-order valence-electron chi connectivity index (χ0n) is 16.7. The average molecular weight is 408 g/mol. The molecule has 4 bridgehead atoms. The quantitative estimate of drug-likeness (QED) is 0.401. The van der Waals surface area contributed by atoms with Gasteiger partial charge in [-0.3, -0.25) is 4.79 Å². The van der Waals surface area contributed by atoms with Gasteiger partial charge >= 0.3 is 0 Å². The van der Waals surface area contributed by atoms with Gasteiger partial charge in [0.15, 0.2) is 4.34 Å². The molecule has 6 heteroatoms. The van der Waals surface area contributed by atoms with E-state index in [4.69, 9.17) is 0 Å². The Kier molecular flexibility index (Phi) is 6.12. The largest absolute Gasteiger partial charge is 0.360 e. The van der Waals surface area contributed by atoms with E-state index in [-0.39, 0.29) is 5.41 Å². The molecular weight excluding hydrogens is 374 g/mol. The van der Waals surface area contributed by atoms with E-state index < -0.39 is 0 Å². The highest BCUT2D eigenvalue weighted by atomic mass is 32.2. The zero-order chi connectivity index (χ0) is 18.9. The Morgan fingerprint density at radius 1 is 1.22 bits per heavy atom. The summed E-state index contributed by atoms with van der Waals surface area (Å²) in [7, 11) is 0. The van der Waals surface area contributed by atoms with E-state index in [9.17, 15) is 4.79 Å². The molecule has 27 heavy (non-hydrogen) atoms. The Morgan fingerprint density at radius 3 is 2.52 bits per heavy atom. The standard InChI is InChI=1S/C21H33N3OS2/c1-3-14(2)5-4-6-22-19-23-24-20(27-19)26-13-18(25)21-10-15-7-16(11-21)9-17(8-15)12-21/h14-17H,3-13H2,1-2H3,(H,22,23)/t14-,15?,16?,17?,21?/m0/s1. The number of anilines is 1. The van der Waals surface area contributed by atoms with Gasteiger partial charge in [-0.15, -0.1) is 10.2 Å². The highest BCUT2D eigenvalue weighted by molar-refractivity contribution is 8.01. The predicted molar refractivity (Wildman–Crippen MR) is 113 cm³/mol. The molecule has 0 amide bonds. The molecule has 5 rings (SSSR count). The third kappa shape index (κ3) is 4.52. The van der Waals surface area contributed by atoms with Crippen molar-refractivity contribution in [2.24, 2.45) is 29.1 Å². The summed E-state index contributed by atoms with van der Waals surface area (Å²) in [5.74, 6) is 4.36. The maximum absolute atomic E-state index is 13.1. The van der Waals surface area contributed by atoms with Crippen molar-refractivity contribution in [3.05, 3.63) is 0 Å². The van der Waals surface area contributed by atoms with Crippen LogP contribution in [0.25, 0.3) is 0 Å². The van der Waals surface area contributed by atoms with Crippen LogP contribution >= 0.6 is 23.1 Å². The van der Waals surface area contributed by atoms with Gasteiger partial charge in [0.2, 0.25) is 5.13 Å². The van der Waals surface area contributed by atoms with Crippen molar-refractivity contribution in [3.63, 3.8) is 0 Å². The Balaban J connectivity index is 1.24. The predicted octanol–water partition coefficient (Wildman–Crippen LogP) is 5.65. The highest BCUT2D eigenvalue weighted by Gasteiger charge is 2.54. The van der Waals surface area contributed by atoms with Gasteiger partial charge in [-0.05, 0) is 75.0 Å². The SMILES string of the molecule is CC[C@H](C)CCCNc1nnc(SCC(=O)C23CC4CC(CC(C4)C2)C3)s1. The van der Waals surface area contributed by atoms with Crippen LogP contribution in [0.1, 0.15) is 71.6 Å². The topological polar surface area (TPSA) is 54.9 Å². The molecule has 1 aromatic heterocycles. The van der Waals surface area contributed by atoms with E-state index in [2.05, 4.69) is 29.4 Å². The summed E-state index contributed by atoms with van der Waals surface area (Å²) in [5.41, 5.74) is 0.0174. The van der Waals surface area contributed by atoms with Gasteiger partial charge in [-0.2, -0.15) is 0 Å². The first kappa shape index (κ1) is 19.7. The Bertz CT molecular complexity index is 624. The van der Waals surface area contributed by atoms with E-state index in [1.807, 2.05) is 0 Å². The average Bonchev–Trinajstić information content (AvgIpc) is 3.09. The van der Waals surface area contributed by atoms with Crippen molar-refractivity contribution in [2.75, 3.05) is 17.6 Å². The Morgan fingerprint density at radius 2 is 1.89 bits per heavy atom. The van der Waals surface area contributed by atoms with Gasteiger partial charge in [0.05, 0.1) is 5.75 Å². The fourth-order valence-electron chi connectivity index (χ4n) is 5.92. The minimum Gasteiger partial charge on any atom is -0.360 e. The second-order valence-electron chi connectivity index (χ2n) is 9.37. The second-order valence-corrected chi connectivity index (χ2v) is 11.6. The summed E-state index contributed by atoms with van der Waals surface area (Å²) < 4.78 is 0.928. The molecule has 0 saturated heterocycles. The molecule has 150 valence electrons. The van der Waals surface area contributed by atoms with Crippen LogP contribution in [0.2, 0.25) is 0 Å². The van der Waals surface area contributed by atoms with Crippen molar-refractivity contribution < 1.29 is 4.79 Å². The van der Waals surface area contributed by atoms with Crippen molar-refractivity contribution in [2.45, 2.75) is 76.0 Å². The number of nitrogens with one attached hydrogen (secondary N) is 1. The van der Waals surface area contributed by atoms with Crippen LogP contribution in [0.5, 0.6) is 0 Å². The number of aromatic nitrogens is 2. The van der Waals surface area contributed by atoms with Crippen LogP contribution < -0.4 is 5.32 Å². The monoisotopic (exact) mass is 407 g/mol. The van der Waals surface area contributed by atoms with Crippen molar-refractivity contribution in [3.8, 4) is 0 Å². The molecule has 1 heterocycles. The van der Waals surface area contributed by atoms with Crippen LogP contribution in [-0.4, -0.2) is 28.3 Å². The molecule has 4 nitrogen and oxygen atoms in total. The molecule has 4 aliphatic rings. The number of ketones is 1. The third-order valence-corrected chi connectivity index (χ3v) is 9.22. The van der Waals surface area contributed by atoms with Crippen LogP contribution in [0, 0.1) is 29.1 Å². The van der Waals surface area contributed by atoms with Gasteiger partial charge in [0.25, 0.3) is 0 Å². The zero-order valence-corrected chi connectivity index (χ0v) is 18.3. The first-order valence-corrected chi connectivity index (χ1v) is 12.6. The van der Waals surface area contributed by atoms with Crippen LogP contribution in [0.4, 0.5) is 5.13 Å². The molecule has 1 atom stereocenters. The first-order valence-electron chi connectivity index (χ1n) is 10.8. The number of carbonyl (C=O) groups is 1. The lowest BCUT2D eigenvalue weighted by Gasteiger charge is -2.56. The summed E-state index contributed by atoms with van der Waals surface area (Å²) in [5, 5.41) is 12.8. The van der Waals surface area contributed by atoms with Gasteiger partial charge in [0.1, 0.15) is 5.78 Å². The molecule has 4 aliphatic carbocycles. The number of nitrogens with zero attached hydrogens (tertiary/aromatic N) is 2. The second kappa shape index (κ2) is 8.40. The summed E-state index contributed by atoms with van der Waals surface area (Å²) in [6.45, 7) is 5.51. The maximum Gasteiger partial charge on any atom is 0.206 e. The third-order valence-electron chi connectivity index (χ3n) is 7.21. The van der Waals surface area contributed by atoms with Gasteiger partial charge in [-0.25, -0.2) is 0 Å². The van der Waals surface area contributed by atoms with Crippen molar-refractivity contribution >= 4 is 34.0 Å². The molecule has 0 unspecified atom stereocenters. The van der Waals surface area contributed by atoms with E-state index in [1.54, 1.807) is 23.1 Å². The van der Waals surface area contributed by atoms with Crippen LogP contribution in [0.3, 0.4) is 0 Å². The number of thioether (sulfide) groups is 1. The lowest BCUT2D eigenvalue weighted by Crippen LogP contribution is -2.50. The molecule has 0 aliphatic heterocycles. The molecule has 0 radical (unpaired) electrons. The van der Waals surface area contributed by atoms with Gasteiger partial charge < -0.3 is 5.32 Å². The molecule has 1 aromatic rings. The first-order chi connectivity index (χ1) is 13.1. The number of rotatable bonds is 10. The van der Waals surface area contributed by atoms with Gasteiger partial charge in [0, 0.05) is 12.0 Å². The lowest BCUT2D eigenvalue weighted by molar-refractivity contribution is -0.141. The minimum atomic E-state index is 0.0174. The normalized spacial score (nSPS) is 32.6. The minimum absolute atomic E-state index is 0.0174. The summed E-state index contributed by atoms with van der Waals surface area (Å²) in [6, 6.07) is 0. The highest BCUT2D eigenvalue weighted by Crippen LogP contribution is 2.60. The summed E-state index contributed by atoms with van der Waals surface area (Å²) >= 11 is 3.20. The van der Waals surface area contributed by atoms with E-state index in [1.165, 1.54) is 57.8 Å². The van der Waals surface area contributed by atoms with Crippen LogP contribution in [0.15, 0.2) is 4.34 Å². The van der Waals surface area contributed by atoms with E-state index in [0.717, 1.165) is 39.7 Å².